The van der Waals surface area contributed by atoms with Crippen LogP contribution < -0.4 is 5.32 Å². The molecule has 0 aromatic rings. The maximum absolute atomic E-state index is 11.6. The Morgan fingerprint density at radius 3 is 2.47 bits per heavy atom. The van der Waals surface area contributed by atoms with E-state index >= 15 is 0 Å². The molecule has 1 saturated carbocycles. The van der Waals surface area contributed by atoms with Crippen LogP contribution in [0.1, 0.15) is 52.9 Å². The second kappa shape index (κ2) is 5.41. The number of hydrogen-bond acceptors (Lipinski definition) is 3. The van der Waals surface area contributed by atoms with Gasteiger partial charge in [0.15, 0.2) is 0 Å². The number of likely N-dealkylation sites (tertiary alicyclic amines) is 1. The first-order valence-electron chi connectivity index (χ1n) is 7.61. The highest BCUT2D eigenvalue weighted by atomic mass is 16.4. The molecule has 2 atom stereocenters. The van der Waals surface area contributed by atoms with Gasteiger partial charge in [0.2, 0.25) is 0 Å². The fourth-order valence-electron chi connectivity index (χ4n) is 3.59. The fraction of sp³-hybridized carbons (Fsp3) is 0.933. The largest absolute Gasteiger partial charge is 0.480 e. The molecule has 4 nitrogen and oxygen atoms in total. The molecule has 2 rings (SSSR count). The maximum Gasteiger partial charge on any atom is 0.323 e. The minimum absolute atomic E-state index is 0.450. The van der Waals surface area contributed by atoms with Gasteiger partial charge in [-0.2, -0.15) is 0 Å². The van der Waals surface area contributed by atoms with Crippen LogP contribution in [0.2, 0.25) is 0 Å². The highest BCUT2D eigenvalue weighted by molar-refractivity contribution is 5.79. The van der Waals surface area contributed by atoms with Gasteiger partial charge in [-0.3, -0.25) is 4.79 Å². The summed E-state index contributed by atoms with van der Waals surface area (Å²) < 4.78 is 0. The molecule has 19 heavy (non-hydrogen) atoms. The van der Waals surface area contributed by atoms with Crippen molar-refractivity contribution in [3.8, 4) is 0 Å². The summed E-state index contributed by atoms with van der Waals surface area (Å²) in [4.78, 5) is 14.1. The van der Waals surface area contributed by atoms with E-state index in [1.54, 1.807) is 0 Å². The summed E-state index contributed by atoms with van der Waals surface area (Å²) in [7, 11) is 0. The first kappa shape index (κ1) is 14.8. The number of nitrogens with zero attached hydrogens (tertiary/aromatic N) is 1. The van der Waals surface area contributed by atoms with Crippen LogP contribution in [0, 0.1) is 5.41 Å². The highest BCUT2D eigenvalue weighted by Gasteiger charge is 2.47. The number of likely N-dealkylation sites (N-methyl/N-ethyl adjacent to an activating group) is 1. The molecular weight excluding hydrogens is 240 g/mol. The smallest absolute Gasteiger partial charge is 0.323 e. The fourth-order valence-corrected chi connectivity index (χ4v) is 3.59. The van der Waals surface area contributed by atoms with Crippen LogP contribution in [0.4, 0.5) is 0 Å². The number of carboxylic acids is 1. The van der Waals surface area contributed by atoms with Gasteiger partial charge in [0.05, 0.1) is 0 Å². The van der Waals surface area contributed by atoms with Gasteiger partial charge < -0.3 is 15.3 Å². The first-order valence-corrected chi connectivity index (χ1v) is 7.61. The second-order valence-electron chi connectivity index (χ2n) is 7.01. The Morgan fingerprint density at radius 1 is 1.32 bits per heavy atom. The molecule has 1 heterocycles. The van der Waals surface area contributed by atoms with Crippen LogP contribution in [0.3, 0.4) is 0 Å². The topological polar surface area (TPSA) is 52.6 Å². The lowest BCUT2D eigenvalue weighted by atomic mass is 9.82. The van der Waals surface area contributed by atoms with Crippen LogP contribution in [0.15, 0.2) is 0 Å². The number of carboxylic acid groups (broad SMARTS) is 1. The van der Waals surface area contributed by atoms with Crippen molar-refractivity contribution in [3.63, 3.8) is 0 Å². The quantitative estimate of drug-likeness (QED) is 0.820. The summed E-state index contributed by atoms with van der Waals surface area (Å²) in [5, 5.41) is 12.7. The van der Waals surface area contributed by atoms with Crippen molar-refractivity contribution in [1.29, 1.82) is 0 Å². The average molecular weight is 268 g/mol. The Balaban J connectivity index is 1.96. The Bertz CT molecular complexity index is 333. The van der Waals surface area contributed by atoms with Gasteiger partial charge >= 0.3 is 5.97 Å². The molecular formula is C15H28N2O2. The van der Waals surface area contributed by atoms with Gasteiger partial charge in [0.25, 0.3) is 0 Å². The van der Waals surface area contributed by atoms with E-state index in [9.17, 15) is 9.90 Å². The number of aliphatic carboxylic acids is 1. The number of hydrogen-bond donors (Lipinski definition) is 2. The van der Waals surface area contributed by atoms with Crippen LogP contribution >= 0.6 is 0 Å². The molecule has 0 bridgehead atoms. The van der Waals surface area contributed by atoms with E-state index in [1.807, 2.05) is 6.92 Å². The van der Waals surface area contributed by atoms with Crippen molar-refractivity contribution in [1.82, 2.24) is 10.2 Å². The molecule has 0 amide bonds. The Labute approximate surface area is 116 Å². The Kier molecular flexibility index (Phi) is 4.21. The Morgan fingerprint density at radius 2 is 1.95 bits per heavy atom. The van der Waals surface area contributed by atoms with Crippen LogP contribution in [-0.4, -0.2) is 47.2 Å². The van der Waals surface area contributed by atoms with E-state index in [1.165, 1.54) is 12.8 Å². The third-order valence-electron chi connectivity index (χ3n) is 5.08. The van der Waals surface area contributed by atoms with Gasteiger partial charge in [0.1, 0.15) is 5.54 Å². The van der Waals surface area contributed by atoms with E-state index in [2.05, 4.69) is 24.1 Å². The summed E-state index contributed by atoms with van der Waals surface area (Å²) in [6, 6.07) is 0.450. The third-order valence-corrected chi connectivity index (χ3v) is 5.08. The zero-order valence-corrected chi connectivity index (χ0v) is 12.5. The SMILES string of the molecule is CCNC1(C(=O)O)CCC(N2CCC(C)(C)CC2)C1. The van der Waals surface area contributed by atoms with E-state index < -0.39 is 11.5 Å². The molecule has 1 aliphatic heterocycles. The molecule has 2 unspecified atom stereocenters. The molecule has 110 valence electrons. The van der Waals surface area contributed by atoms with Gasteiger partial charge in [-0.15, -0.1) is 0 Å². The normalized spacial score (nSPS) is 35.4. The van der Waals surface area contributed by atoms with Crippen LogP contribution in [-0.2, 0) is 4.79 Å². The monoisotopic (exact) mass is 268 g/mol. The Hall–Kier alpha value is -0.610. The minimum Gasteiger partial charge on any atom is -0.480 e. The van der Waals surface area contributed by atoms with Crippen molar-refractivity contribution >= 4 is 5.97 Å². The first-order chi connectivity index (χ1) is 8.88. The number of carbonyl (C=O) groups is 1. The van der Waals surface area contributed by atoms with Gasteiger partial charge in [-0.1, -0.05) is 20.8 Å². The lowest BCUT2D eigenvalue weighted by molar-refractivity contribution is -0.144. The average Bonchev–Trinajstić information content (AvgIpc) is 2.75. The molecule has 2 aliphatic rings. The molecule has 0 aromatic carbocycles. The zero-order chi connectivity index (χ0) is 14.1. The van der Waals surface area contributed by atoms with Gasteiger partial charge in [0, 0.05) is 6.04 Å². The van der Waals surface area contributed by atoms with Crippen LogP contribution in [0.25, 0.3) is 0 Å². The molecule has 1 saturated heterocycles. The number of rotatable bonds is 4. The summed E-state index contributed by atoms with van der Waals surface area (Å²) in [6.45, 7) is 9.63. The zero-order valence-electron chi connectivity index (χ0n) is 12.5. The number of piperidine rings is 1. The van der Waals surface area contributed by atoms with E-state index in [4.69, 9.17) is 0 Å². The molecule has 2 fully saturated rings. The standard InChI is InChI=1S/C15H28N2O2/c1-4-16-15(13(18)19)6-5-12(11-15)17-9-7-14(2,3)8-10-17/h12,16H,4-11H2,1-3H3,(H,18,19). The molecule has 0 radical (unpaired) electrons. The molecule has 0 spiro atoms. The van der Waals surface area contributed by atoms with Crippen molar-refractivity contribution in [2.45, 2.75) is 64.5 Å². The minimum atomic E-state index is -0.674. The van der Waals surface area contributed by atoms with Gasteiger partial charge in [-0.05, 0) is 57.2 Å². The second-order valence-corrected chi connectivity index (χ2v) is 7.01. The van der Waals surface area contributed by atoms with Crippen molar-refractivity contribution in [2.75, 3.05) is 19.6 Å². The predicted molar refractivity (Wildman–Crippen MR) is 76.3 cm³/mol. The maximum atomic E-state index is 11.6. The lowest BCUT2D eigenvalue weighted by Crippen LogP contribution is -2.52. The summed E-state index contributed by atoms with van der Waals surface area (Å²) in [5.74, 6) is -0.672. The van der Waals surface area contributed by atoms with Crippen molar-refractivity contribution in [2.24, 2.45) is 5.41 Å². The molecule has 0 aromatic heterocycles. The third kappa shape index (κ3) is 3.11. The van der Waals surface area contributed by atoms with E-state index in [-0.39, 0.29) is 0 Å². The highest BCUT2D eigenvalue weighted by Crippen LogP contribution is 2.37. The summed E-state index contributed by atoms with van der Waals surface area (Å²) >= 11 is 0. The van der Waals surface area contributed by atoms with E-state index in [0.717, 1.165) is 38.9 Å². The summed E-state index contributed by atoms with van der Waals surface area (Å²) in [5.41, 5.74) is -0.215. The van der Waals surface area contributed by atoms with Gasteiger partial charge in [-0.25, -0.2) is 0 Å². The molecule has 4 heteroatoms. The van der Waals surface area contributed by atoms with Crippen molar-refractivity contribution in [3.05, 3.63) is 0 Å². The van der Waals surface area contributed by atoms with E-state index in [0.29, 0.717) is 11.5 Å². The molecule has 1 aliphatic carbocycles. The van der Waals surface area contributed by atoms with Crippen LogP contribution in [0.5, 0.6) is 0 Å². The molecule has 2 N–H and O–H groups in total. The lowest BCUT2D eigenvalue weighted by Gasteiger charge is -2.40. The van der Waals surface area contributed by atoms with Crippen molar-refractivity contribution < 1.29 is 9.90 Å². The number of nitrogens with one attached hydrogen (secondary N) is 1. The summed E-state index contributed by atoms with van der Waals surface area (Å²) in [6.07, 6.45) is 4.99. The predicted octanol–water partition coefficient (Wildman–Crippen LogP) is 2.09.